The molecule has 3 aliphatic heterocycles. The highest BCUT2D eigenvalue weighted by molar-refractivity contribution is 9.10. The van der Waals surface area contributed by atoms with Gasteiger partial charge in [0, 0.05) is 30.3 Å². The first-order valence-corrected chi connectivity index (χ1v) is 10.6. The van der Waals surface area contributed by atoms with Gasteiger partial charge in [0.2, 0.25) is 5.95 Å². The molecule has 146 valence electrons. The van der Waals surface area contributed by atoms with E-state index < -0.39 is 0 Å². The summed E-state index contributed by atoms with van der Waals surface area (Å²) in [6.07, 6.45) is 10.5. The smallest absolute Gasteiger partial charge is 0.258 e. The van der Waals surface area contributed by atoms with Gasteiger partial charge in [-0.2, -0.15) is 4.98 Å². The van der Waals surface area contributed by atoms with Gasteiger partial charge < -0.3 is 15.5 Å². The van der Waals surface area contributed by atoms with Gasteiger partial charge in [-0.25, -0.2) is 4.98 Å². The molecule has 6 nitrogen and oxygen atoms in total. The average Bonchev–Trinajstić information content (AvgIpc) is 2.71. The van der Waals surface area contributed by atoms with E-state index in [1.165, 1.54) is 0 Å². The largest absolute Gasteiger partial charge is 0.371 e. The lowest BCUT2D eigenvalue weighted by Gasteiger charge is -2.34. The standard InChI is InChI=1S/C21H24BrN5O/c22-16-5-6-17-18(14-16)27-12-8-15(9-13-27)4-2-1-3-10-23-21-24-11-7-19(26-21)25-20(17)28/h1-2,5-7,11,14-15H,3-4,8-10,12-13H2,(H2,23,24,25,26,28)/b2-1+. The van der Waals surface area contributed by atoms with E-state index in [1.807, 2.05) is 18.2 Å². The Morgan fingerprint density at radius 2 is 2.00 bits per heavy atom. The number of carbonyl (C=O) groups is 1. The van der Waals surface area contributed by atoms with Gasteiger partial charge in [-0.15, -0.1) is 0 Å². The van der Waals surface area contributed by atoms with E-state index in [2.05, 4.69) is 53.6 Å². The third-order valence-corrected chi connectivity index (χ3v) is 5.78. The molecule has 0 atom stereocenters. The minimum Gasteiger partial charge on any atom is -0.371 e. The van der Waals surface area contributed by atoms with Crippen molar-refractivity contribution in [2.45, 2.75) is 25.7 Å². The van der Waals surface area contributed by atoms with Gasteiger partial charge in [0.25, 0.3) is 5.91 Å². The molecule has 4 heterocycles. The number of benzene rings is 1. The maximum atomic E-state index is 13.0. The zero-order chi connectivity index (χ0) is 19.3. The molecule has 0 radical (unpaired) electrons. The molecule has 1 saturated heterocycles. The third kappa shape index (κ3) is 4.52. The Kier molecular flexibility index (Phi) is 5.90. The molecular formula is C21H24BrN5O. The van der Waals surface area contributed by atoms with E-state index in [4.69, 9.17) is 0 Å². The van der Waals surface area contributed by atoms with Crippen LogP contribution in [0.1, 0.15) is 36.0 Å². The summed E-state index contributed by atoms with van der Waals surface area (Å²) in [7, 11) is 0. The monoisotopic (exact) mass is 441 g/mol. The number of aromatic nitrogens is 2. The maximum absolute atomic E-state index is 13.0. The number of nitrogens with one attached hydrogen (secondary N) is 2. The van der Waals surface area contributed by atoms with Crippen LogP contribution in [0.2, 0.25) is 0 Å². The maximum Gasteiger partial charge on any atom is 0.258 e. The summed E-state index contributed by atoms with van der Waals surface area (Å²) < 4.78 is 0.975. The van der Waals surface area contributed by atoms with Crippen LogP contribution in [0, 0.1) is 5.92 Å². The predicted molar refractivity (Wildman–Crippen MR) is 116 cm³/mol. The van der Waals surface area contributed by atoms with Crippen LogP contribution in [0.5, 0.6) is 0 Å². The third-order valence-electron chi connectivity index (χ3n) is 5.29. The average molecular weight is 442 g/mol. The highest BCUT2D eigenvalue weighted by atomic mass is 79.9. The first-order chi connectivity index (χ1) is 13.7. The van der Waals surface area contributed by atoms with Gasteiger partial charge in [0.15, 0.2) is 0 Å². The fraction of sp³-hybridized carbons (Fsp3) is 0.381. The number of hydrogen-bond donors (Lipinski definition) is 2. The Morgan fingerprint density at radius 1 is 1.14 bits per heavy atom. The van der Waals surface area contributed by atoms with Gasteiger partial charge in [-0.05, 0) is 55.9 Å². The van der Waals surface area contributed by atoms with E-state index in [-0.39, 0.29) is 5.91 Å². The SMILES string of the molecule is O=C1Nc2ccnc(n2)NCC/C=C/CC2CCN(CC2)c2cc(Br)ccc21. The van der Waals surface area contributed by atoms with E-state index in [0.717, 1.165) is 55.5 Å². The summed E-state index contributed by atoms with van der Waals surface area (Å²) >= 11 is 3.55. The van der Waals surface area contributed by atoms with Crippen molar-refractivity contribution in [3.8, 4) is 0 Å². The Morgan fingerprint density at radius 3 is 2.86 bits per heavy atom. The van der Waals surface area contributed by atoms with Gasteiger partial charge in [-0.1, -0.05) is 28.1 Å². The Labute approximate surface area is 173 Å². The molecule has 28 heavy (non-hydrogen) atoms. The van der Waals surface area contributed by atoms with Gasteiger partial charge >= 0.3 is 0 Å². The number of nitrogens with zero attached hydrogens (tertiary/aromatic N) is 3. The van der Waals surface area contributed by atoms with Crippen molar-refractivity contribution in [2.24, 2.45) is 5.92 Å². The van der Waals surface area contributed by atoms with Crippen molar-refractivity contribution in [1.82, 2.24) is 9.97 Å². The zero-order valence-corrected chi connectivity index (χ0v) is 17.3. The number of allylic oxidation sites excluding steroid dienone is 1. The molecule has 2 N–H and O–H groups in total. The number of rotatable bonds is 0. The second-order valence-corrected chi connectivity index (χ2v) is 8.15. The molecule has 1 aromatic carbocycles. The number of halogens is 1. The van der Waals surface area contributed by atoms with E-state index in [1.54, 1.807) is 12.3 Å². The molecule has 0 aliphatic carbocycles. The Balaban J connectivity index is 1.66. The molecular weight excluding hydrogens is 418 g/mol. The summed E-state index contributed by atoms with van der Waals surface area (Å²) in [5.74, 6) is 1.57. The van der Waals surface area contributed by atoms with Crippen LogP contribution in [0.15, 0.2) is 47.1 Å². The molecule has 0 saturated carbocycles. The van der Waals surface area contributed by atoms with Crippen LogP contribution in [0.4, 0.5) is 17.5 Å². The van der Waals surface area contributed by atoms with E-state index in [0.29, 0.717) is 23.2 Å². The van der Waals surface area contributed by atoms with Gasteiger partial charge in [-0.3, -0.25) is 4.79 Å². The lowest BCUT2D eigenvalue weighted by molar-refractivity contribution is 0.102. The molecule has 0 unspecified atom stereocenters. The first-order valence-electron chi connectivity index (χ1n) is 9.77. The molecule has 7 heteroatoms. The highest BCUT2D eigenvalue weighted by Gasteiger charge is 2.23. The molecule has 1 aromatic heterocycles. The fourth-order valence-corrected chi connectivity index (χ4v) is 4.09. The van der Waals surface area contributed by atoms with Crippen molar-refractivity contribution >= 4 is 39.3 Å². The van der Waals surface area contributed by atoms with Crippen molar-refractivity contribution < 1.29 is 4.79 Å². The van der Waals surface area contributed by atoms with Crippen molar-refractivity contribution in [2.75, 3.05) is 35.2 Å². The second kappa shape index (κ2) is 8.73. The minimum atomic E-state index is -0.153. The van der Waals surface area contributed by atoms with Crippen LogP contribution in [-0.4, -0.2) is 35.5 Å². The fourth-order valence-electron chi connectivity index (χ4n) is 3.74. The normalized spacial score (nSPS) is 19.3. The van der Waals surface area contributed by atoms with E-state index in [9.17, 15) is 4.79 Å². The number of amides is 1. The van der Waals surface area contributed by atoms with Crippen molar-refractivity contribution in [3.63, 3.8) is 0 Å². The predicted octanol–water partition coefficient (Wildman–Crippen LogP) is 4.47. The quantitative estimate of drug-likeness (QED) is 0.590. The summed E-state index contributed by atoms with van der Waals surface area (Å²) in [6, 6.07) is 7.53. The lowest BCUT2D eigenvalue weighted by Crippen LogP contribution is -2.35. The van der Waals surface area contributed by atoms with Gasteiger partial charge in [0.1, 0.15) is 5.82 Å². The molecule has 5 rings (SSSR count). The summed E-state index contributed by atoms with van der Waals surface area (Å²) in [5, 5.41) is 6.14. The first kappa shape index (κ1) is 18.9. The van der Waals surface area contributed by atoms with Crippen LogP contribution >= 0.6 is 15.9 Å². The Hall–Kier alpha value is -2.41. The topological polar surface area (TPSA) is 70.1 Å². The van der Waals surface area contributed by atoms with Crippen molar-refractivity contribution in [3.05, 3.63) is 52.7 Å². The molecule has 1 amide bonds. The van der Waals surface area contributed by atoms with Crippen molar-refractivity contribution in [1.29, 1.82) is 0 Å². The second-order valence-electron chi connectivity index (χ2n) is 7.23. The van der Waals surface area contributed by atoms with Crippen LogP contribution in [-0.2, 0) is 0 Å². The van der Waals surface area contributed by atoms with E-state index >= 15 is 0 Å². The van der Waals surface area contributed by atoms with Crippen LogP contribution in [0.3, 0.4) is 0 Å². The molecule has 3 aliphatic rings. The molecule has 2 aromatic rings. The number of piperidine rings is 1. The summed E-state index contributed by atoms with van der Waals surface area (Å²) in [4.78, 5) is 24.0. The Bertz CT molecular complexity index is 877. The van der Waals surface area contributed by atoms with Gasteiger partial charge in [0.05, 0.1) is 11.3 Å². The minimum absolute atomic E-state index is 0.153. The zero-order valence-electron chi connectivity index (χ0n) is 15.7. The number of fused-ring (bicyclic) bond motifs is 7. The number of anilines is 3. The number of hydrogen-bond acceptors (Lipinski definition) is 5. The molecule has 0 spiro atoms. The highest BCUT2D eigenvalue weighted by Crippen LogP contribution is 2.31. The molecule has 1 fully saturated rings. The summed E-state index contributed by atoms with van der Waals surface area (Å²) in [6.45, 7) is 2.70. The number of carbonyl (C=O) groups excluding carboxylic acids is 1. The summed E-state index contributed by atoms with van der Waals surface area (Å²) in [5.41, 5.74) is 1.64. The molecule has 4 bridgehead atoms. The van der Waals surface area contributed by atoms with Crippen LogP contribution < -0.4 is 15.5 Å². The lowest BCUT2D eigenvalue weighted by atomic mass is 9.92. The van der Waals surface area contributed by atoms with Crippen LogP contribution in [0.25, 0.3) is 0 Å².